The molecule has 1 heterocycles. The molecule has 1 N–H and O–H groups in total. The first-order valence-corrected chi connectivity index (χ1v) is 14.0. The lowest BCUT2D eigenvalue weighted by molar-refractivity contribution is -0.151. The SMILES string of the molecule is COC(=O)C(=O)N(c1ccccc1)c1cc(Cl)ccc1C(=O)CCc1ccc(S(=O)(=O)N2CCCC2O)cc1. The highest BCUT2D eigenvalue weighted by Gasteiger charge is 2.34. The van der Waals surface area contributed by atoms with Crippen LogP contribution in [0.2, 0.25) is 5.02 Å². The first-order chi connectivity index (χ1) is 18.6. The smallest absolute Gasteiger partial charge is 0.397 e. The van der Waals surface area contributed by atoms with Gasteiger partial charge in [0.1, 0.15) is 6.23 Å². The zero-order valence-corrected chi connectivity index (χ0v) is 22.7. The fourth-order valence-electron chi connectivity index (χ4n) is 4.41. The van der Waals surface area contributed by atoms with Crippen LogP contribution in [0.15, 0.2) is 77.7 Å². The minimum atomic E-state index is -3.81. The van der Waals surface area contributed by atoms with Gasteiger partial charge in [0.2, 0.25) is 10.0 Å². The molecule has 4 rings (SSSR count). The van der Waals surface area contributed by atoms with E-state index in [1.165, 1.54) is 30.3 Å². The number of aliphatic hydroxyl groups is 1. The van der Waals surface area contributed by atoms with E-state index in [0.717, 1.165) is 21.9 Å². The summed E-state index contributed by atoms with van der Waals surface area (Å²) >= 11 is 6.22. The molecule has 1 fully saturated rings. The van der Waals surface area contributed by atoms with Crippen molar-refractivity contribution in [2.75, 3.05) is 18.6 Å². The largest absolute Gasteiger partial charge is 0.462 e. The third-order valence-corrected chi connectivity index (χ3v) is 8.57. The second-order valence-electron chi connectivity index (χ2n) is 8.93. The van der Waals surface area contributed by atoms with E-state index >= 15 is 0 Å². The van der Waals surface area contributed by atoms with Gasteiger partial charge in [0.15, 0.2) is 5.78 Å². The predicted octanol–water partition coefficient (Wildman–Crippen LogP) is 4.10. The monoisotopic (exact) mass is 570 g/mol. The minimum absolute atomic E-state index is 0.0423. The predicted molar refractivity (Wildman–Crippen MR) is 145 cm³/mol. The molecule has 1 saturated heterocycles. The standard InChI is InChI=1S/C28H27ClN2O7S/c1-38-28(35)27(34)31(21-6-3-2-4-7-21)24-18-20(29)12-15-23(24)25(32)16-11-19-9-13-22(14-10-19)39(36,37)30-17-5-8-26(30)33/h2-4,6-7,9-10,12-15,18,26,33H,5,8,11,16-17H2,1H3. The number of halogens is 1. The number of methoxy groups -OCH3 is 1. The van der Waals surface area contributed by atoms with Crippen molar-refractivity contribution in [2.24, 2.45) is 0 Å². The van der Waals surface area contributed by atoms with Crippen molar-refractivity contribution in [3.63, 3.8) is 0 Å². The fraction of sp³-hybridized carbons (Fsp3) is 0.250. The van der Waals surface area contributed by atoms with Crippen LogP contribution in [-0.4, -0.2) is 55.4 Å². The summed E-state index contributed by atoms with van der Waals surface area (Å²) < 4.78 is 31.3. The van der Waals surface area contributed by atoms with Gasteiger partial charge in [-0.3, -0.25) is 14.5 Å². The van der Waals surface area contributed by atoms with Gasteiger partial charge < -0.3 is 9.84 Å². The van der Waals surface area contributed by atoms with Crippen molar-refractivity contribution in [3.05, 3.63) is 88.9 Å². The lowest BCUT2D eigenvalue weighted by atomic mass is 10.0. The molecule has 39 heavy (non-hydrogen) atoms. The Hall–Kier alpha value is -3.57. The Balaban J connectivity index is 1.57. The quantitative estimate of drug-likeness (QED) is 0.246. The summed E-state index contributed by atoms with van der Waals surface area (Å²) in [5.74, 6) is -2.40. The van der Waals surface area contributed by atoms with Crippen LogP contribution in [-0.2, 0) is 30.8 Å². The Morgan fingerprint density at radius 2 is 1.74 bits per heavy atom. The molecule has 0 aromatic heterocycles. The third-order valence-electron chi connectivity index (χ3n) is 6.42. The number of carbonyl (C=O) groups is 3. The Kier molecular flexibility index (Phi) is 8.81. The van der Waals surface area contributed by atoms with Crippen LogP contribution >= 0.6 is 11.6 Å². The number of amides is 1. The van der Waals surface area contributed by atoms with Crippen molar-refractivity contribution in [1.82, 2.24) is 4.31 Å². The van der Waals surface area contributed by atoms with Crippen LogP contribution in [0.1, 0.15) is 35.2 Å². The van der Waals surface area contributed by atoms with Gasteiger partial charge in [0.05, 0.1) is 17.7 Å². The normalized spacial score (nSPS) is 15.6. The van der Waals surface area contributed by atoms with Crippen LogP contribution in [0, 0.1) is 0 Å². The molecule has 1 amide bonds. The maximum atomic E-state index is 13.4. The highest BCUT2D eigenvalue weighted by Crippen LogP contribution is 2.33. The number of nitrogens with zero attached hydrogens (tertiary/aromatic N) is 2. The second-order valence-corrected chi connectivity index (χ2v) is 11.3. The minimum Gasteiger partial charge on any atom is -0.462 e. The van der Waals surface area contributed by atoms with E-state index in [0.29, 0.717) is 24.9 Å². The van der Waals surface area contributed by atoms with Gasteiger partial charge in [-0.1, -0.05) is 41.9 Å². The molecular formula is C28H27ClN2O7S. The van der Waals surface area contributed by atoms with Crippen LogP contribution in [0.3, 0.4) is 0 Å². The number of esters is 1. The first kappa shape index (κ1) is 28.4. The Labute approximate surface area is 231 Å². The number of aliphatic hydroxyl groups excluding tert-OH is 1. The third kappa shape index (κ3) is 6.20. The summed E-state index contributed by atoms with van der Waals surface area (Å²) in [6.07, 6.45) is 0.311. The number of benzene rings is 3. The Bertz CT molecular complexity index is 1480. The number of sulfonamides is 1. The van der Waals surface area contributed by atoms with Crippen molar-refractivity contribution in [2.45, 2.75) is 36.8 Å². The number of aryl methyl sites for hydroxylation is 1. The average Bonchev–Trinajstić information content (AvgIpc) is 3.39. The number of rotatable bonds is 8. The number of Topliss-reactive ketones (excluding diaryl/α,β-unsaturated/α-hetero) is 1. The highest BCUT2D eigenvalue weighted by atomic mass is 35.5. The lowest BCUT2D eigenvalue weighted by Crippen LogP contribution is -2.35. The van der Waals surface area contributed by atoms with E-state index in [1.54, 1.807) is 42.5 Å². The summed E-state index contributed by atoms with van der Waals surface area (Å²) in [7, 11) is -2.72. The molecule has 1 aliphatic heterocycles. The van der Waals surface area contributed by atoms with Crippen LogP contribution in [0.25, 0.3) is 0 Å². The first-order valence-electron chi connectivity index (χ1n) is 12.2. The molecule has 0 aliphatic carbocycles. The Morgan fingerprint density at radius 1 is 1.05 bits per heavy atom. The van der Waals surface area contributed by atoms with E-state index in [4.69, 9.17) is 11.6 Å². The van der Waals surface area contributed by atoms with Gasteiger partial charge in [-0.25, -0.2) is 13.2 Å². The van der Waals surface area contributed by atoms with Gasteiger partial charge in [-0.15, -0.1) is 0 Å². The van der Waals surface area contributed by atoms with Crippen molar-refractivity contribution < 1.29 is 32.6 Å². The lowest BCUT2D eigenvalue weighted by Gasteiger charge is -2.24. The molecule has 0 bridgehead atoms. The van der Waals surface area contributed by atoms with Gasteiger partial charge >= 0.3 is 11.9 Å². The summed E-state index contributed by atoms with van der Waals surface area (Å²) in [6, 6.07) is 19.0. The van der Waals surface area contributed by atoms with Crippen molar-refractivity contribution in [1.29, 1.82) is 0 Å². The summed E-state index contributed by atoms with van der Waals surface area (Å²) in [5, 5.41) is 10.2. The van der Waals surface area contributed by atoms with Gasteiger partial charge in [0.25, 0.3) is 0 Å². The highest BCUT2D eigenvalue weighted by molar-refractivity contribution is 7.89. The number of ether oxygens (including phenoxy) is 1. The van der Waals surface area contributed by atoms with E-state index in [-0.39, 0.29) is 39.9 Å². The number of carbonyl (C=O) groups excluding carboxylic acids is 3. The molecule has 204 valence electrons. The second kappa shape index (κ2) is 12.1. The van der Waals surface area contributed by atoms with E-state index in [2.05, 4.69) is 4.74 Å². The molecule has 9 nitrogen and oxygen atoms in total. The molecule has 0 radical (unpaired) electrons. The molecule has 11 heteroatoms. The van der Waals surface area contributed by atoms with Crippen molar-refractivity contribution >= 4 is 50.7 Å². The number of para-hydroxylation sites is 1. The molecule has 3 aromatic rings. The summed E-state index contributed by atoms with van der Waals surface area (Å²) in [5.41, 5.74) is 1.40. The van der Waals surface area contributed by atoms with E-state index in [9.17, 15) is 27.9 Å². The maximum Gasteiger partial charge on any atom is 0.397 e. The number of anilines is 2. The molecule has 1 atom stereocenters. The van der Waals surface area contributed by atoms with Gasteiger partial charge in [-0.2, -0.15) is 4.31 Å². The van der Waals surface area contributed by atoms with Gasteiger partial charge in [-0.05, 0) is 67.3 Å². The average molecular weight is 571 g/mol. The number of hydrogen-bond acceptors (Lipinski definition) is 7. The summed E-state index contributed by atoms with van der Waals surface area (Å²) in [4.78, 5) is 39.7. The van der Waals surface area contributed by atoms with E-state index < -0.39 is 28.1 Å². The molecule has 0 saturated carbocycles. The molecular weight excluding hydrogens is 544 g/mol. The van der Waals surface area contributed by atoms with Crippen molar-refractivity contribution in [3.8, 4) is 0 Å². The number of hydrogen-bond donors (Lipinski definition) is 1. The molecule has 0 spiro atoms. The number of ketones is 1. The van der Waals surface area contributed by atoms with Gasteiger partial charge in [0, 0.05) is 29.2 Å². The van der Waals surface area contributed by atoms with Crippen LogP contribution in [0.4, 0.5) is 11.4 Å². The Morgan fingerprint density at radius 3 is 2.36 bits per heavy atom. The summed E-state index contributed by atoms with van der Waals surface area (Å²) in [6.45, 7) is 0.266. The van der Waals surface area contributed by atoms with E-state index in [1.807, 2.05) is 0 Å². The fourth-order valence-corrected chi connectivity index (χ4v) is 6.12. The van der Waals surface area contributed by atoms with Crippen LogP contribution < -0.4 is 4.90 Å². The zero-order valence-electron chi connectivity index (χ0n) is 21.1. The maximum absolute atomic E-state index is 13.4. The molecule has 1 aliphatic rings. The molecule has 3 aromatic carbocycles. The topological polar surface area (TPSA) is 121 Å². The van der Waals surface area contributed by atoms with Crippen LogP contribution in [0.5, 0.6) is 0 Å². The zero-order chi connectivity index (χ0) is 28.2. The molecule has 1 unspecified atom stereocenters.